The summed E-state index contributed by atoms with van der Waals surface area (Å²) in [5.74, 6) is -2.52. The summed E-state index contributed by atoms with van der Waals surface area (Å²) in [6.07, 6.45) is 6.04. The van der Waals surface area contributed by atoms with Gasteiger partial charge in [-0.15, -0.1) is 0 Å². The SMILES string of the molecule is C=C/C=C\[C@@H](C)C(OC(N)=O)[C@H](C)[C@@H](O)[C@H](C)C/C(C)=C\[C@@H](C)[C@H](O)[C@H](C)/C=C\[C@H](O)C[C@H]1OC(=O)[C@@H](C)[C@H](O)[C@@H]1C. The molecule has 0 bridgehead atoms. The highest BCUT2D eigenvalue weighted by Crippen LogP contribution is 2.30. The molecule has 0 aromatic heterocycles. The fourth-order valence-electron chi connectivity index (χ4n) is 5.80. The summed E-state index contributed by atoms with van der Waals surface area (Å²) < 4.78 is 10.8. The van der Waals surface area contributed by atoms with Gasteiger partial charge in [-0.05, 0) is 26.2 Å². The van der Waals surface area contributed by atoms with Gasteiger partial charge in [-0.1, -0.05) is 90.2 Å². The molecule has 0 aromatic rings. The topological polar surface area (TPSA) is 160 Å². The average Bonchev–Trinajstić information content (AvgIpc) is 2.93. The zero-order valence-corrected chi connectivity index (χ0v) is 26.6. The van der Waals surface area contributed by atoms with Crippen molar-refractivity contribution in [2.75, 3.05) is 0 Å². The van der Waals surface area contributed by atoms with Crippen molar-refractivity contribution in [2.24, 2.45) is 47.2 Å². The van der Waals surface area contributed by atoms with Gasteiger partial charge in [-0.3, -0.25) is 4.79 Å². The van der Waals surface area contributed by atoms with Crippen LogP contribution in [0.15, 0.2) is 48.6 Å². The molecule has 1 aliphatic rings. The van der Waals surface area contributed by atoms with Crippen LogP contribution < -0.4 is 5.73 Å². The second-order valence-electron chi connectivity index (χ2n) is 12.4. The predicted octanol–water partition coefficient (Wildman–Crippen LogP) is 4.30. The summed E-state index contributed by atoms with van der Waals surface area (Å²) in [5, 5.41) is 42.8. The molecule has 0 aromatic carbocycles. The number of aliphatic hydroxyl groups excluding tert-OH is 4. The Morgan fingerprint density at radius 1 is 1.02 bits per heavy atom. The standard InChI is InChI=1S/C33H55NO8/c1-10-11-12-20(4)31(42-33(34)40)24(8)29(37)22(6)16-18(2)15-21(5)28(36)19(3)13-14-26(35)17-27-23(7)30(38)25(9)32(39)41-27/h10-15,19-31,35-38H,1,16-17H2,2-9H3,(H2,34,40)/b12-11-,14-13-,18-15-/t19-,20-,21-,22-,23-,24-,25+,26+,27-,28-,29+,30-,31?/m1/s1. The summed E-state index contributed by atoms with van der Waals surface area (Å²) in [7, 11) is 0. The van der Waals surface area contributed by atoms with Crippen molar-refractivity contribution >= 4 is 12.1 Å². The Labute approximate surface area is 252 Å². The molecule has 1 aliphatic heterocycles. The third kappa shape index (κ3) is 11.3. The summed E-state index contributed by atoms with van der Waals surface area (Å²) in [5.41, 5.74) is 6.30. The van der Waals surface area contributed by atoms with Crippen molar-refractivity contribution in [3.63, 3.8) is 0 Å². The highest BCUT2D eigenvalue weighted by atomic mass is 16.6. The number of carbonyl (C=O) groups is 2. The molecule has 1 heterocycles. The Morgan fingerprint density at radius 2 is 1.64 bits per heavy atom. The minimum Gasteiger partial charge on any atom is -0.462 e. The molecule has 1 rings (SSSR count). The van der Waals surface area contributed by atoms with E-state index in [0.29, 0.717) is 6.42 Å². The number of hydrogen-bond acceptors (Lipinski definition) is 8. The summed E-state index contributed by atoms with van der Waals surface area (Å²) in [6, 6.07) is 0. The van der Waals surface area contributed by atoms with Crippen LogP contribution in [0.3, 0.4) is 0 Å². The lowest BCUT2D eigenvalue weighted by Gasteiger charge is -2.36. The molecule has 1 fully saturated rings. The Kier molecular flexibility index (Phi) is 15.7. The maximum absolute atomic E-state index is 12.0. The zero-order valence-electron chi connectivity index (χ0n) is 26.6. The normalized spacial score (nSPS) is 28.3. The van der Waals surface area contributed by atoms with E-state index in [0.717, 1.165) is 5.57 Å². The number of aliphatic hydroxyl groups is 4. The second kappa shape index (κ2) is 17.6. The number of primary amides is 1. The first-order valence-electron chi connectivity index (χ1n) is 15.0. The van der Waals surface area contributed by atoms with Crippen LogP contribution in [-0.2, 0) is 14.3 Å². The number of esters is 1. The van der Waals surface area contributed by atoms with Gasteiger partial charge in [-0.2, -0.15) is 0 Å². The molecular formula is C33H55NO8. The number of ether oxygens (including phenoxy) is 2. The minimum atomic E-state index is -0.894. The number of amides is 1. The highest BCUT2D eigenvalue weighted by molar-refractivity contribution is 5.73. The average molecular weight is 594 g/mol. The first-order valence-corrected chi connectivity index (χ1v) is 15.0. The molecule has 240 valence electrons. The molecule has 42 heavy (non-hydrogen) atoms. The second-order valence-corrected chi connectivity index (χ2v) is 12.4. The van der Waals surface area contributed by atoms with E-state index in [1.54, 1.807) is 38.2 Å². The molecule has 13 atom stereocenters. The lowest BCUT2D eigenvalue weighted by Crippen LogP contribution is -2.47. The number of cyclic esters (lactones) is 1. The molecular weight excluding hydrogens is 538 g/mol. The van der Waals surface area contributed by atoms with Gasteiger partial charge in [0.25, 0.3) is 0 Å². The van der Waals surface area contributed by atoms with Crippen LogP contribution in [0.1, 0.15) is 68.2 Å². The van der Waals surface area contributed by atoms with Crippen molar-refractivity contribution in [1.29, 1.82) is 0 Å². The lowest BCUT2D eigenvalue weighted by atomic mass is 9.81. The highest BCUT2D eigenvalue weighted by Gasteiger charge is 2.41. The molecule has 1 unspecified atom stereocenters. The van der Waals surface area contributed by atoms with Gasteiger partial charge in [0.05, 0.1) is 30.3 Å². The van der Waals surface area contributed by atoms with Gasteiger partial charge < -0.3 is 35.6 Å². The molecule has 0 spiro atoms. The third-order valence-electron chi connectivity index (χ3n) is 8.62. The molecule has 1 amide bonds. The lowest BCUT2D eigenvalue weighted by molar-refractivity contribution is -0.179. The number of hydrogen-bond donors (Lipinski definition) is 5. The molecule has 0 saturated carbocycles. The molecule has 9 nitrogen and oxygen atoms in total. The van der Waals surface area contributed by atoms with Crippen molar-refractivity contribution < 1.29 is 39.5 Å². The summed E-state index contributed by atoms with van der Waals surface area (Å²) >= 11 is 0. The van der Waals surface area contributed by atoms with Gasteiger partial charge in [0.15, 0.2) is 0 Å². The van der Waals surface area contributed by atoms with Gasteiger partial charge in [0.2, 0.25) is 0 Å². The first kappa shape index (κ1) is 37.6. The molecule has 6 N–H and O–H groups in total. The van der Waals surface area contributed by atoms with E-state index >= 15 is 0 Å². The van der Waals surface area contributed by atoms with Gasteiger partial charge in [0.1, 0.15) is 12.2 Å². The predicted molar refractivity (Wildman–Crippen MR) is 164 cm³/mol. The molecule has 1 saturated heterocycles. The third-order valence-corrected chi connectivity index (χ3v) is 8.62. The summed E-state index contributed by atoms with van der Waals surface area (Å²) in [6.45, 7) is 18.5. The Balaban J connectivity index is 2.76. The van der Waals surface area contributed by atoms with Crippen LogP contribution in [0.2, 0.25) is 0 Å². The maximum Gasteiger partial charge on any atom is 0.404 e. The van der Waals surface area contributed by atoms with Crippen molar-refractivity contribution in [3.05, 3.63) is 48.6 Å². The van der Waals surface area contributed by atoms with E-state index in [-0.39, 0.29) is 41.9 Å². The van der Waals surface area contributed by atoms with Crippen LogP contribution in [-0.4, -0.2) is 69.1 Å². The van der Waals surface area contributed by atoms with Crippen molar-refractivity contribution in [2.45, 2.75) is 105 Å². The minimum absolute atomic E-state index is 0.152. The molecule has 9 heteroatoms. The number of rotatable bonds is 16. The Bertz CT molecular complexity index is 962. The fourth-order valence-corrected chi connectivity index (χ4v) is 5.80. The van der Waals surface area contributed by atoms with Crippen LogP contribution in [0.4, 0.5) is 4.79 Å². The van der Waals surface area contributed by atoms with E-state index in [1.165, 1.54) is 0 Å². The van der Waals surface area contributed by atoms with E-state index in [4.69, 9.17) is 15.2 Å². The number of nitrogens with two attached hydrogens (primary N) is 1. The van der Waals surface area contributed by atoms with E-state index < -0.39 is 54.6 Å². The Hall–Kier alpha value is -2.46. The number of carbonyl (C=O) groups excluding carboxylic acids is 2. The van der Waals surface area contributed by atoms with E-state index in [2.05, 4.69) is 6.58 Å². The van der Waals surface area contributed by atoms with Crippen LogP contribution in [0.5, 0.6) is 0 Å². The van der Waals surface area contributed by atoms with Crippen molar-refractivity contribution in [1.82, 2.24) is 0 Å². The molecule has 0 aliphatic carbocycles. The van der Waals surface area contributed by atoms with Gasteiger partial charge in [-0.25, -0.2) is 4.79 Å². The van der Waals surface area contributed by atoms with Crippen LogP contribution >= 0.6 is 0 Å². The Morgan fingerprint density at radius 3 is 2.21 bits per heavy atom. The van der Waals surface area contributed by atoms with E-state index in [9.17, 15) is 30.0 Å². The number of allylic oxidation sites excluding steroid dienone is 3. The molecule has 0 radical (unpaired) electrons. The quantitative estimate of drug-likeness (QED) is 0.101. The van der Waals surface area contributed by atoms with Crippen LogP contribution in [0, 0.1) is 41.4 Å². The first-order chi connectivity index (χ1) is 19.5. The fraction of sp³-hybridized carbons (Fsp3) is 0.697. The van der Waals surface area contributed by atoms with Crippen LogP contribution in [0.25, 0.3) is 0 Å². The largest absolute Gasteiger partial charge is 0.462 e. The van der Waals surface area contributed by atoms with Gasteiger partial charge >= 0.3 is 12.1 Å². The monoisotopic (exact) mass is 593 g/mol. The smallest absolute Gasteiger partial charge is 0.404 e. The van der Waals surface area contributed by atoms with Crippen molar-refractivity contribution in [3.8, 4) is 0 Å². The van der Waals surface area contributed by atoms with E-state index in [1.807, 2.05) is 53.7 Å². The summed E-state index contributed by atoms with van der Waals surface area (Å²) in [4.78, 5) is 23.5. The zero-order chi connectivity index (χ0) is 32.3. The maximum atomic E-state index is 12.0. The van der Waals surface area contributed by atoms with Gasteiger partial charge in [0, 0.05) is 36.0 Å².